The zero-order valence-corrected chi connectivity index (χ0v) is 12.5. The van der Waals surface area contributed by atoms with E-state index in [9.17, 15) is 4.79 Å². The quantitative estimate of drug-likeness (QED) is 0.805. The van der Waals surface area contributed by atoms with Gasteiger partial charge < -0.3 is 9.73 Å². The van der Waals surface area contributed by atoms with Crippen molar-refractivity contribution in [1.82, 2.24) is 15.1 Å². The number of hydrogen-bond donors (Lipinski definition) is 1. The van der Waals surface area contributed by atoms with Crippen molar-refractivity contribution < 1.29 is 9.21 Å². The number of amides is 1. The van der Waals surface area contributed by atoms with Crippen molar-refractivity contribution in [3.8, 4) is 0 Å². The van der Waals surface area contributed by atoms with Gasteiger partial charge in [0.1, 0.15) is 17.5 Å². The highest BCUT2D eigenvalue weighted by molar-refractivity contribution is 5.93. The smallest absolute Gasteiger partial charge is 0.270 e. The minimum atomic E-state index is -0.334. The standard InChI is InChI=1S/C17H17N3O2/c1-12-11-14(20(2)19-12)17(21)18-16(15-9-6-10-22-15)13-7-4-3-5-8-13/h3-11,16H,1-2H3,(H,18,21). The lowest BCUT2D eigenvalue weighted by Gasteiger charge is -2.17. The first-order valence-electron chi connectivity index (χ1n) is 7.05. The molecule has 112 valence electrons. The Hall–Kier alpha value is -2.82. The number of aryl methyl sites for hydroxylation is 2. The molecule has 3 rings (SSSR count). The van der Waals surface area contributed by atoms with Crippen molar-refractivity contribution in [2.24, 2.45) is 7.05 Å². The SMILES string of the molecule is Cc1cc(C(=O)NC(c2ccccc2)c2ccco2)n(C)n1. The summed E-state index contributed by atoms with van der Waals surface area (Å²) >= 11 is 0. The van der Waals surface area contributed by atoms with Crippen LogP contribution in [0, 0.1) is 6.92 Å². The highest BCUT2D eigenvalue weighted by atomic mass is 16.3. The van der Waals surface area contributed by atoms with Crippen LogP contribution in [0.25, 0.3) is 0 Å². The molecular formula is C17H17N3O2. The van der Waals surface area contributed by atoms with Crippen molar-refractivity contribution in [1.29, 1.82) is 0 Å². The maximum atomic E-state index is 12.5. The maximum absolute atomic E-state index is 12.5. The summed E-state index contributed by atoms with van der Waals surface area (Å²) in [4.78, 5) is 12.5. The Labute approximate surface area is 128 Å². The van der Waals surface area contributed by atoms with E-state index in [4.69, 9.17) is 4.42 Å². The van der Waals surface area contributed by atoms with Gasteiger partial charge >= 0.3 is 0 Å². The summed E-state index contributed by atoms with van der Waals surface area (Å²) in [5.41, 5.74) is 2.29. The summed E-state index contributed by atoms with van der Waals surface area (Å²) in [5.74, 6) is 0.506. The summed E-state index contributed by atoms with van der Waals surface area (Å²) in [5, 5.41) is 7.22. The molecule has 5 heteroatoms. The molecule has 0 radical (unpaired) electrons. The average Bonchev–Trinajstić information content (AvgIpc) is 3.15. The van der Waals surface area contributed by atoms with Crippen LogP contribution in [0.3, 0.4) is 0 Å². The number of furan rings is 1. The van der Waals surface area contributed by atoms with E-state index in [0.29, 0.717) is 11.5 Å². The van der Waals surface area contributed by atoms with E-state index in [-0.39, 0.29) is 11.9 Å². The maximum Gasteiger partial charge on any atom is 0.270 e. The van der Waals surface area contributed by atoms with Crippen LogP contribution >= 0.6 is 0 Å². The molecule has 0 bridgehead atoms. The summed E-state index contributed by atoms with van der Waals surface area (Å²) in [6, 6.07) is 14.8. The Morgan fingerprint density at radius 3 is 2.59 bits per heavy atom. The van der Waals surface area contributed by atoms with Crippen LogP contribution in [0.4, 0.5) is 0 Å². The summed E-state index contributed by atoms with van der Waals surface area (Å²) in [6.07, 6.45) is 1.60. The van der Waals surface area contributed by atoms with Gasteiger partial charge in [0.25, 0.3) is 5.91 Å². The average molecular weight is 295 g/mol. The molecule has 3 aromatic rings. The Morgan fingerprint density at radius 2 is 2.00 bits per heavy atom. The lowest BCUT2D eigenvalue weighted by molar-refractivity contribution is 0.0929. The van der Waals surface area contributed by atoms with E-state index >= 15 is 0 Å². The number of nitrogens with one attached hydrogen (secondary N) is 1. The number of carbonyl (C=O) groups excluding carboxylic acids is 1. The van der Waals surface area contributed by atoms with Crippen LogP contribution in [0.5, 0.6) is 0 Å². The van der Waals surface area contributed by atoms with Crippen LogP contribution in [-0.2, 0) is 7.05 Å². The summed E-state index contributed by atoms with van der Waals surface area (Å²) in [6.45, 7) is 1.86. The van der Waals surface area contributed by atoms with Crippen LogP contribution in [0.1, 0.15) is 33.5 Å². The summed E-state index contributed by atoms with van der Waals surface area (Å²) in [7, 11) is 1.76. The number of aromatic nitrogens is 2. The molecule has 5 nitrogen and oxygen atoms in total. The first-order valence-corrected chi connectivity index (χ1v) is 7.05. The first kappa shape index (κ1) is 14.1. The first-order chi connectivity index (χ1) is 10.6. The molecule has 0 aliphatic heterocycles. The van der Waals surface area contributed by atoms with Gasteiger partial charge in [-0.1, -0.05) is 30.3 Å². The monoisotopic (exact) mass is 295 g/mol. The molecule has 0 fully saturated rings. The van der Waals surface area contributed by atoms with Gasteiger partial charge in [-0.3, -0.25) is 9.48 Å². The van der Waals surface area contributed by atoms with Gasteiger partial charge in [0.15, 0.2) is 0 Å². The number of benzene rings is 1. The lowest BCUT2D eigenvalue weighted by Crippen LogP contribution is -2.30. The molecule has 2 heterocycles. The molecule has 0 spiro atoms. The van der Waals surface area contributed by atoms with Crippen LogP contribution < -0.4 is 5.32 Å². The van der Waals surface area contributed by atoms with Gasteiger partial charge in [-0.05, 0) is 30.7 Å². The number of nitrogens with zero attached hydrogens (tertiary/aromatic N) is 2. The van der Waals surface area contributed by atoms with Gasteiger partial charge in [0, 0.05) is 7.05 Å². The molecule has 0 aliphatic rings. The third-order valence-electron chi connectivity index (χ3n) is 3.47. The molecule has 0 aliphatic carbocycles. The Kier molecular flexibility index (Phi) is 3.78. The van der Waals surface area contributed by atoms with Crippen LogP contribution in [0.15, 0.2) is 59.2 Å². The second-order valence-corrected chi connectivity index (χ2v) is 5.13. The van der Waals surface area contributed by atoms with E-state index in [1.54, 1.807) is 24.1 Å². The zero-order valence-electron chi connectivity index (χ0n) is 12.5. The van der Waals surface area contributed by atoms with Crippen molar-refractivity contribution in [2.45, 2.75) is 13.0 Å². The molecule has 1 atom stereocenters. The van der Waals surface area contributed by atoms with E-state index in [1.807, 2.05) is 49.4 Å². The van der Waals surface area contributed by atoms with Crippen LogP contribution in [0.2, 0.25) is 0 Å². The number of carbonyl (C=O) groups is 1. The normalized spacial score (nSPS) is 12.1. The molecule has 1 unspecified atom stereocenters. The van der Waals surface area contributed by atoms with Gasteiger partial charge in [0.2, 0.25) is 0 Å². The van der Waals surface area contributed by atoms with Gasteiger partial charge in [-0.15, -0.1) is 0 Å². The summed E-state index contributed by atoms with van der Waals surface area (Å²) < 4.78 is 7.06. The largest absolute Gasteiger partial charge is 0.467 e. The highest BCUT2D eigenvalue weighted by Gasteiger charge is 2.21. The third kappa shape index (κ3) is 2.79. The molecule has 0 saturated carbocycles. The fraction of sp³-hybridized carbons (Fsp3) is 0.176. The topological polar surface area (TPSA) is 60.1 Å². The van der Waals surface area contributed by atoms with E-state index in [2.05, 4.69) is 10.4 Å². The second-order valence-electron chi connectivity index (χ2n) is 5.13. The van der Waals surface area contributed by atoms with E-state index in [1.165, 1.54) is 0 Å². The predicted molar refractivity (Wildman–Crippen MR) is 82.4 cm³/mol. The van der Waals surface area contributed by atoms with E-state index < -0.39 is 0 Å². The molecule has 2 aromatic heterocycles. The molecule has 1 aromatic carbocycles. The minimum Gasteiger partial charge on any atom is -0.467 e. The Bertz CT molecular complexity index is 761. The van der Waals surface area contributed by atoms with E-state index in [0.717, 1.165) is 11.3 Å². The fourth-order valence-electron chi connectivity index (χ4n) is 2.45. The van der Waals surface area contributed by atoms with Crippen molar-refractivity contribution in [2.75, 3.05) is 0 Å². The lowest BCUT2D eigenvalue weighted by atomic mass is 10.0. The van der Waals surface area contributed by atoms with Gasteiger partial charge in [-0.2, -0.15) is 5.10 Å². The molecule has 1 N–H and O–H groups in total. The molecule has 0 saturated heterocycles. The zero-order chi connectivity index (χ0) is 15.5. The Morgan fingerprint density at radius 1 is 1.23 bits per heavy atom. The Balaban J connectivity index is 1.91. The number of hydrogen-bond acceptors (Lipinski definition) is 3. The fourth-order valence-corrected chi connectivity index (χ4v) is 2.45. The van der Waals surface area contributed by atoms with Gasteiger partial charge in [-0.25, -0.2) is 0 Å². The van der Waals surface area contributed by atoms with Crippen molar-refractivity contribution >= 4 is 5.91 Å². The molecule has 22 heavy (non-hydrogen) atoms. The third-order valence-corrected chi connectivity index (χ3v) is 3.47. The molecule has 1 amide bonds. The van der Waals surface area contributed by atoms with Crippen molar-refractivity contribution in [3.05, 3.63) is 77.5 Å². The van der Waals surface area contributed by atoms with Gasteiger partial charge in [0.05, 0.1) is 12.0 Å². The second kappa shape index (κ2) is 5.89. The highest BCUT2D eigenvalue weighted by Crippen LogP contribution is 2.22. The van der Waals surface area contributed by atoms with Crippen molar-refractivity contribution in [3.63, 3.8) is 0 Å². The predicted octanol–water partition coefficient (Wildman–Crippen LogP) is 2.84. The van der Waals surface area contributed by atoms with Crippen LogP contribution in [-0.4, -0.2) is 15.7 Å². The molecular weight excluding hydrogens is 278 g/mol. The number of rotatable bonds is 4. The minimum absolute atomic E-state index is 0.187.